The van der Waals surface area contributed by atoms with Crippen molar-refractivity contribution < 1.29 is 4.79 Å². The highest BCUT2D eigenvalue weighted by Gasteiger charge is 2.18. The van der Waals surface area contributed by atoms with E-state index in [0.29, 0.717) is 0 Å². The summed E-state index contributed by atoms with van der Waals surface area (Å²) in [6.07, 6.45) is 5.80. The molecular formula is C17H27NOSi. The second kappa shape index (κ2) is 8.17. The van der Waals surface area contributed by atoms with Crippen molar-refractivity contribution >= 4 is 13.9 Å². The van der Waals surface area contributed by atoms with Crippen molar-refractivity contribution in [3.8, 4) is 0 Å². The third-order valence-electron chi connectivity index (χ3n) is 2.91. The van der Waals surface area contributed by atoms with E-state index in [1.807, 2.05) is 6.08 Å². The number of benzene rings is 1. The molecule has 0 aliphatic heterocycles. The lowest BCUT2D eigenvalue weighted by Crippen LogP contribution is -2.40. The average molecular weight is 289 g/mol. The number of rotatable bonds is 8. The standard InChI is InChI=1S/C17H27NOSi/c1-16(19)10-8-9-13-18(15-20(2,3)4)14-17-11-6-5-7-12-17/h5-8,10-12H,9,13-15H2,1-4H3/b10-8+. The van der Waals surface area contributed by atoms with Crippen LogP contribution in [-0.2, 0) is 11.3 Å². The molecule has 0 N–H and O–H groups in total. The Balaban J connectivity index is 2.58. The van der Waals surface area contributed by atoms with Crippen molar-refractivity contribution in [2.24, 2.45) is 0 Å². The van der Waals surface area contributed by atoms with E-state index < -0.39 is 8.07 Å². The van der Waals surface area contributed by atoms with Gasteiger partial charge in [0.2, 0.25) is 0 Å². The maximum absolute atomic E-state index is 10.9. The molecule has 1 rings (SSSR count). The molecule has 2 nitrogen and oxygen atoms in total. The molecule has 0 radical (unpaired) electrons. The van der Waals surface area contributed by atoms with Gasteiger partial charge in [-0.1, -0.05) is 56.0 Å². The number of carbonyl (C=O) groups is 1. The minimum absolute atomic E-state index is 0.129. The largest absolute Gasteiger partial charge is 0.302 e. The minimum Gasteiger partial charge on any atom is -0.302 e. The summed E-state index contributed by atoms with van der Waals surface area (Å²) < 4.78 is 0. The van der Waals surface area contributed by atoms with E-state index in [1.165, 1.54) is 11.7 Å². The fraction of sp³-hybridized carbons (Fsp3) is 0.471. The highest BCUT2D eigenvalue weighted by Crippen LogP contribution is 2.10. The average Bonchev–Trinajstić information content (AvgIpc) is 2.33. The van der Waals surface area contributed by atoms with Crippen LogP contribution >= 0.6 is 0 Å². The highest BCUT2D eigenvalue weighted by molar-refractivity contribution is 6.76. The van der Waals surface area contributed by atoms with Crippen LogP contribution in [0.15, 0.2) is 42.5 Å². The molecule has 110 valence electrons. The van der Waals surface area contributed by atoms with Crippen LogP contribution in [0.1, 0.15) is 18.9 Å². The molecule has 0 aliphatic rings. The first-order valence-corrected chi connectivity index (χ1v) is 11.0. The highest BCUT2D eigenvalue weighted by atomic mass is 28.3. The van der Waals surface area contributed by atoms with E-state index in [4.69, 9.17) is 0 Å². The summed E-state index contributed by atoms with van der Waals surface area (Å²) in [4.78, 5) is 13.4. The smallest absolute Gasteiger partial charge is 0.152 e. The summed E-state index contributed by atoms with van der Waals surface area (Å²) in [5.41, 5.74) is 1.36. The van der Waals surface area contributed by atoms with Crippen LogP contribution in [0.5, 0.6) is 0 Å². The molecule has 0 fully saturated rings. The van der Waals surface area contributed by atoms with Crippen LogP contribution in [0.3, 0.4) is 0 Å². The van der Waals surface area contributed by atoms with Crippen LogP contribution in [0.25, 0.3) is 0 Å². The van der Waals surface area contributed by atoms with E-state index in [2.05, 4.69) is 54.9 Å². The Morgan fingerprint density at radius 3 is 2.40 bits per heavy atom. The predicted octanol–water partition coefficient (Wildman–Crippen LogP) is 3.90. The third-order valence-corrected chi connectivity index (χ3v) is 4.31. The van der Waals surface area contributed by atoms with Crippen molar-refractivity contribution in [1.29, 1.82) is 0 Å². The van der Waals surface area contributed by atoms with Crippen LogP contribution < -0.4 is 0 Å². The van der Waals surface area contributed by atoms with Gasteiger partial charge in [-0.05, 0) is 31.2 Å². The Bertz CT molecular complexity index is 434. The second-order valence-electron chi connectivity index (χ2n) is 6.56. The Labute approximate surface area is 124 Å². The lowest BCUT2D eigenvalue weighted by Gasteiger charge is -2.28. The van der Waals surface area contributed by atoms with Crippen molar-refractivity contribution in [3.05, 3.63) is 48.0 Å². The van der Waals surface area contributed by atoms with Crippen LogP contribution in [-0.4, -0.2) is 31.5 Å². The third kappa shape index (κ3) is 8.07. The van der Waals surface area contributed by atoms with Gasteiger partial charge in [-0.3, -0.25) is 4.79 Å². The molecule has 0 unspecified atom stereocenters. The first-order valence-electron chi connectivity index (χ1n) is 7.30. The number of allylic oxidation sites excluding steroid dienone is 1. The molecule has 1 aromatic rings. The van der Waals surface area contributed by atoms with Gasteiger partial charge in [0.05, 0.1) is 8.07 Å². The minimum atomic E-state index is -1.12. The van der Waals surface area contributed by atoms with E-state index in [0.717, 1.165) is 19.5 Å². The molecule has 0 heterocycles. The Morgan fingerprint density at radius 2 is 1.85 bits per heavy atom. The van der Waals surface area contributed by atoms with Crippen molar-refractivity contribution in [3.63, 3.8) is 0 Å². The number of carbonyl (C=O) groups excluding carboxylic acids is 1. The number of hydrogen-bond donors (Lipinski definition) is 0. The van der Waals surface area contributed by atoms with Gasteiger partial charge in [0, 0.05) is 13.1 Å². The quantitative estimate of drug-likeness (QED) is 0.534. The summed E-state index contributed by atoms with van der Waals surface area (Å²) in [6, 6.07) is 10.6. The van der Waals surface area contributed by atoms with Gasteiger partial charge in [-0.15, -0.1) is 0 Å². The van der Waals surface area contributed by atoms with Gasteiger partial charge in [0.1, 0.15) is 0 Å². The Morgan fingerprint density at radius 1 is 1.20 bits per heavy atom. The van der Waals surface area contributed by atoms with E-state index in [1.54, 1.807) is 13.0 Å². The summed E-state index contributed by atoms with van der Waals surface area (Å²) in [5.74, 6) is 0.129. The molecule has 0 bridgehead atoms. The maximum Gasteiger partial charge on any atom is 0.152 e. The first-order chi connectivity index (χ1) is 9.37. The first kappa shape index (κ1) is 16.9. The number of hydrogen-bond acceptors (Lipinski definition) is 2. The van der Waals surface area contributed by atoms with Crippen LogP contribution in [0.4, 0.5) is 0 Å². The van der Waals surface area contributed by atoms with Crippen molar-refractivity contribution in [1.82, 2.24) is 4.90 Å². The lowest BCUT2D eigenvalue weighted by atomic mass is 10.2. The molecule has 0 aliphatic carbocycles. The second-order valence-corrected chi connectivity index (χ2v) is 12.0. The molecular weight excluding hydrogens is 262 g/mol. The zero-order valence-corrected chi connectivity index (χ0v) is 14.2. The maximum atomic E-state index is 10.9. The summed E-state index contributed by atoms with van der Waals surface area (Å²) in [7, 11) is -1.12. The molecule has 0 saturated heterocycles. The van der Waals surface area contributed by atoms with Crippen molar-refractivity contribution in [2.45, 2.75) is 39.5 Å². The topological polar surface area (TPSA) is 20.3 Å². The van der Waals surface area contributed by atoms with Crippen molar-refractivity contribution in [2.75, 3.05) is 12.7 Å². The SMILES string of the molecule is CC(=O)/C=C/CCN(Cc1ccccc1)C[Si](C)(C)C. The molecule has 3 heteroatoms. The summed E-state index contributed by atoms with van der Waals surface area (Å²) in [5, 5.41) is 0. The zero-order chi connectivity index (χ0) is 15.0. The van der Waals surface area contributed by atoms with Gasteiger partial charge in [0.25, 0.3) is 0 Å². The summed E-state index contributed by atoms with van der Waals surface area (Å²) in [6.45, 7) is 10.8. The lowest BCUT2D eigenvalue weighted by molar-refractivity contribution is -0.112. The molecule has 0 atom stereocenters. The molecule has 0 amide bonds. The molecule has 0 saturated carbocycles. The van der Waals surface area contributed by atoms with Gasteiger partial charge in [-0.2, -0.15) is 0 Å². The monoisotopic (exact) mass is 289 g/mol. The van der Waals surface area contributed by atoms with E-state index in [9.17, 15) is 4.79 Å². The molecule has 0 aromatic heterocycles. The Kier molecular flexibility index (Phi) is 6.89. The van der Waals surface area contributed by atoms with E-state index in [-0.39, 0.29) is 5.78 Å². The van der Waals surface area contributed by atoms with Crippen LogP contribution in [0.2, 0.25) is 19.6 Å². The van der Waals surface area contributed by atoms with Gasteiger partial charge in [0.15, 0.2) is 5.78 Å². The zero-order valence-electron chi connectivity index (χ0n) is 13.2. The fourth-order valence-electron chi connectivity index (χ4n) is 2.23. The van der Waals surface area contributed by atoms with Gasteiger partial charge >= 0.3 is 0 Å². The van der Waals surface area contributed by atoms with E-state index >= 15 is 0 Å². The molecule has 1 aromatic carbocycles. The molecule has 20 heavy (non-hydrogen) atoms. The Hall–Kier alpha value is -1.19. The summed E-state index contributed by atoms with van der Waals surface area (Å²) >= 11 is 0. The fourth-order valence-corrected chi connectivity index (χ4v) is 3.84. The van der Waals surface area contributed by atoms with Gasteiger partial charge < -0.3 is 4.90 Å². The predicted molar refractivity (Wildman–Crippen MR) is 89.5 cm³/mol. The van der Waals surface area contributed by atoms with Crippen LogP contribution in [0, 0.1) is 0 Å². The number of ketones is 1. The normalized spacial score (nSPS) is 12.2. The molecule has 0 spiro atoms. The van der Waals surface area contributed by atoms with Gasteiger partial charge in [-0.25, -0.2) is 0 Å². The number of nitrogens with zero attached hydrogens (tertiary/aromatic N) is 1.